The zero-order valence-electron chi connectivity index (χ0n) is 76.8. The van der Waals surface area contributed by atoms with E-state index >= 15 is 0 Å². The van der Waals surface area contributed by atoms with Gasteiger partial charge in [0.1, 0.15) is 5.76 Å². The van der Waals surface area contributed by atoms with Crippen LogP contribution in [0.2, 0.25) is 0 Å². The van der Waals surface area contributed by atoms with Gasteiger partial charge in [0.05, 0.1) is 18.8 Å². The molecule has 9 rings (SSSR count). The van der Waals surface area contributed by atoms with Gasteiger partial charge in [-0.3, -0.25) is 15.0 Å². The number of thiophene rings is 2. The summed E-state index contributed by atoms with van der Waals surface area (Å²) in [6.45, 7) is 82.9. The maximum Gasteiger partial charge on any atom is 0.104 e. The van der Waals surface area contributed by atoms with Crippen LogP contribution in [0.4, 0.5) is 0 Å². The lowest BCUT2D eigenvalue weighted by Crippen LogP contribution is -2.08. The summed E-state index contributed by atoms with van der Waals surface area (Å²) < 4.78 is 10.1. The van der Waals surface area contributed by atoms with E-state index in [4.69, 9.17) is 8.83 Å². The number of nitrogens with one attached hydrogen (secondary N) is 1. The molecular weight excluding hydrogens is 1440 g/mol. The number of furan rings is 2. The molecule has 0 amide bonds. The van der Waals surface area contributed by atoms with Crippen LogP contribution in [0.3, 0.4) is 0 Å². The van der Waals surface area contributed by atoms with Gasteiger partial charge in [0.15, 0.2) is 0 Å². The van der Waals surface area contributed by atoms with Crippen molar-refractivity contribution in [1.29, 1.82) is 0 Å². The highest BCUT2D eigenvalue weighted by Gasteiger charge is 2.13. The van der Waals surface area contributed by atoms with Crippen LogP contribution in [0.15, 0.2) is 202 Å². The van der Waals surface area contributed by atoms with Crippen molar-refractivity contribution in [3.63, 3.8) is 0 Å². The highest BCUT2D eigenvalue weighted by atomic mass is 32.1. The fraction of sp³-hybridized carbons (Fsp3) is 0.617. The number of nitrogens with zero attached hydrogens (tertiary/aromatic N) is 3. The van der Waals surface area contributed by atoms with E-state index in [9.17, 15) is 0 Å². The number of aromatic nitrogens is 4. The Morgan fingerprint density at radius 3 is 1.10 bits per heavy atom. The summed E-state index contributed by atoms with van der Waals surface area (Å²) in [5.41, 5.74) is 10.7. The van der Waals surface area contributed by atoms with Crippen molar-refractivity contribution >= 4 is 22.7 Å². The first-order valence-corrected chi connectivity index (χ1v) is 43.2. The van der Waals surface area contributed by atoms with Gasteiger partial charge in [0.25, 0.3) is 0 Å². The minimum atomic E-state index is 0. The molecule has 0 aliphatic heterocycles. The third kappa shape index (κ3) is 121. The highest BCUT2D eigenvalue weighted by molar-refractivity contribution is 7.09. The molecule has 0 radical (unpaired) electrons. The Labute approximate surface area is 736 Å². The third-order valence-corrected chi connectivity index (χ3v) is 13.6. The van der Waals surface area contributed by atoms with E-state index in [0.717, 1.165) is 68.0 Å². The smallest absolute Gasteiger partial charge is 0.104 e. The average molecular weight is 1650 g/mol. The summed E-state index contributed by atoms with van der Waals surface area (Å²) >= 11 is 3.63. The summed E-state index contributed by atoms with van der Waals surface area (Å²) in [6, 6.07) is 39.5. The fourth-order valence-electron chi connectivity index (χ4n) is 8.76. The van der Waals surface area contributed by atoms with E-state index in [1.165, 1.54) is 63.2 Å². The van der Waals surface area contributed by atoms with E-state index in [1.807, 2.05) is 216 Å². The fourth-order valence-corrected chi connectivity index (χ4v) is 10.3. The zero-order chi connectivity index (χ0) is 83.8. The van der Waals surface area contributed by atoms with Crippen molar-refractivity contribution in [2.75, 3.05) is 0 Å². The van der Waals surface area contributed by atoms with Gasteiger partial charge in [-0.25, -0.2) is 0 Å². The van der Waals surface area contributed by atoms with Gasteiger partial charge in [0.2, 0.25) is 0 Å². The predicted octanol–water partition coefficient (Wildman–Crippen LogP) is 38.9. The lowest BCUT2D eigenvalue weighted by molar-refractivity contribution is 0.408. The summed E-state index contributed by atoms with van der Waals surface area (Å²) in [7, 11) is 0. The minimum Gasteiger partial charge on any atom is -0.472 e. The third-order valence-electron chi connectivity index (χ3n) is 12.0. The molecule has 0 aliphatic carbocycles. The molecule has 8 aromatic heterocycles. The molecule has 0 saturated carbocycles. The maximum absolute atomic E-state index is 5.14. The van der Waals surface area contributed by atoms with Crippen molar-refractivity contribution in [3.8, 4) is 0 Å². The van der Waals surface area contributed by atoms with Gasteiger partial charge in [-0.05, 0) is 219 Å². The molecule has 8 heteroatoms. The van der Waals surface area contributed by atoms with E-state index in [0.29, 0.717) is 28.1 Å². The molecule has 682 valence electrons. The SMILES string of the molecule is C.C.C.C.C.C.C.C.C.CC.CC.CC.CC.CC.CC.CC.CC.CC.CC(C)(C)Cc1cc[nH]c1.CC(C)(C)Cc1ccoc1.CC(C)(C)Cc1ccsc1.CC(C)Cc1ccccc1.CC(C)Cc1ccccn1.CC(C)Cc1cccnc1.CC(C)Cc1ccco1.CC(C)Cc1cccs1.CC(C)Cc1ccncc1. The van der Waals surface area contributed by atoms with Crippen molar-refractivity contribution in [2.45, 2.75) is 395 Å². The Kier molecular flexibility index (Phi) is 147. The molecule has 0 unspecified atom stereocenters. The lowest BCUT2D eigenvalue weighted by Gasteiger charge is -2.16. The Hall–Kier alpha value is -6.09. The van der Waals surface area contributed by atoms with E-state index in [1.54, 1.807) is 23.9 Å². The van der Waals surface area contributed by atoms with Crippen LogP contribution >= 0.6 is 22.7 Å². The van der Waals surface area contributed by atoms with Crippen LogP contribution in [0.5, 0.6) is 0 Å². The molecule has 0 aliphatic rings. The van der Waals surface area contributed by atoms with Crippen LogP contribution < -0.4 is 0 Å². The standard InChI is InChI=1S/C10H14.C9H15N.3C9H13N.C9H14O.C9H14S.C8H12O.C8H12S.9C2H6.9CH4/c1-9(2)8-10-6-4-3-5-7-10;1-9(2,3)6-8-4-5-10-7-8;1-8(2)7-9-3-5-10-6-4-9;1-8(2)6-9-4-3-5-10-7-9;1-8(2)7-9-5-3-4-6-10-9;2*1-9(2,3)6-8-4-5-10-7-8;2*1-7(2)6-8-4-3-5-9-8;9*1-2;;;;;;;;;/h3-7,9H,8H2,1-2H3;4-5,7,10H,6H2,1-3H3;3-6,8H,7H2,1-2H3;3-5,7-8H,6H2,1-2H3;3-6,8H,7H2,1-2H3;2*4-5,7H,6H2,1-3H3;2*3-5,7H,6H2,1-2H3;9*1-2H3;9*1H4. The first kappa shape index (κ1) is 153. The maximum atomic E-state index is 5.14. The Bertz CT molecular complexity index is 2510. The van der Waals surface area contributed by atoms with Gasteiger partial charge >= 0.3 is 0 Å². The quantitative estimate of drug-likeness (QED) is 0.111. The molecule has 9 aromatic rings. The van der Waals surface area contributed by atoms with Crippen molar-refractivity contribution in [1.82, 2.24) is 19.9 Å². The number of aromatic amines is 1. The van der Waals surface area contributed by atoms with Crippen molar-refractivity contribution in [3.05, 3.63) is 243 Å². The molecular formula is C107H210N4O2S2. The summed E-state index contributed by atoms with van der Waals surface area (Å²) in [4.78, 5) is 16.8. The Balaban J connectivity index is -0.0000000555. The van der Waals surface area contributed by atoms with Crippen molar-refractivity contribution in [2.24, 2.45) is 51.8 Å². The van der Waals surface area contributed by atoms with Gasteiger partial charge in [-0.2, -0.15) is 11.3 Å². The summed E-state index contributed by atoms with van der Waals surface area (Å²) in [5.74, 6) is 5.51. The number of benzene rings is 1. The second kappa shape index (κ2) is 110. The summed E-state index contributed by atoms with van der Waals surface area (Å²) in [6.07, 6.45) is 28.8. The largest absolute Gasteiger partial charge is 0.472 e. The number of hydrogen-bond donors (Lipinski definition) is 1. The number of pyridine rings is 3. The van der Waals surface area contributed by atoms with Gasteiger partial charge in [-0.1, -0.05) is 385 Å². The summed E-state index contributed by atoms with van der Waals surface area (Å²) in [5, 5.41) is 6.50. The topological polar surface area (TPSA) is 80.7 Å². The van der Waals surface area contributed by atoms with Crippen LogP contribution in [0, 0.1) is 51.8 Å². The zero-order valence-corrected chi connectivity index (χ0v) is 78.4. The Morgan fingerprint density at radius 1 is 0.339 bits per heavy atom. The van der Waals surface area contributed by atoms with Gasteiger partial charge in [-0.15, -0.1) is 11.3 Å². The molecule has 0 atom stereocenters. The second-order valence-corrected chi connectivity index (χ2v) is 30.8. The number of H-pyrrole nitrogens is 1. The Morgan fingerprint density at radius 2 is 0.765 bits per heavy atom. The van der Waals surface area contributed by atoms with Crippen LogP contribution in [-0.2, 0) is 57.8 Å². The monoisotopic (exact) mass is 1650 g/mol. The molecule has 1 N–H and O–H groups in total. The lowest BCUT2D eigenvalue weighted by atomic mass is 9.89. The average Bonchev–Trinajstić information content (AvgIpc) is 1.83. The van der Waals surface area contributed by atoms with Gasteiger partial charge < -0.3 is 13.8 Å². The van der Waals surface area contributed by atoms with Crippen molar-refractivity contribution < 1.29 is 8.83 Å². The van der Waals surface area contributed by atoms with Crippen LogP contribution in [-0.4, -0.2) is 19.9 Å². The normalized spacial score (nSPS) is 8.81. The highest BCUT2D eigenvalue weighted by Crippen LogP contribution is 2.23. The first-order valence-electron chi connectivity index (χ1n) is 41.4. The molecule has 0 fully saturated rings. The molecule has 6 nitrogen and oxygen atoms in total. The molecule has 115 heavy (non-hydrogen) atoms. The molecule has 0 bridgehead atoms. The number of hydrogen-bond acceptors (Lipinski definition) is 7. The van der Waals surface area contributed by atoms with Crippen LogP contribution in [0.1, 0.15) is 387 Å². The molecule has 0 spiro atoms. The van der Waals surface area contributed by atoms with Gasteiger partial charge in [0, 0.05) is 60.4 Å². The first-order chi connectivity index (χ1) is 50.5. The van der Waals surface area contributed by atoms with E-state index < -0.39 is 0 Å². The predicted molar refractivity (Wildman–Crippen MR) is 549 cm³/mol. The molecule has 0 saturated heterocycles. The van der Waals surface area contributed by atoms with Crippen LogP contribution in [0.25, 0.3) is 0 Å². The second-order valence-electron chi connectivity index (χ2n) is 29.0. The number of rotatable bonds is 15. The van der Waals surface area contributed by atoms with E-state index in [-0.39, 0.29) is 66.8 Å². The van der Waals surface area contributed by atoms with E-state index in [2.05, 4.69) is 267 Å². The molecule has 1 aromatic carbocycles. The minimum absolute atomic E-state index is 0. The molecule has 8 heterocycles.